The van der Waals surface area contributed by atoms with E-state index in [1.807, 2.05) is 26.8 Å². The number of amides is 1. The first-order valence-electron chi connectivity index (χ1n) is 8.43. The molecular formula is C19H20N6O. The Balaban J connectivity index is 2.15. The van der Waals surface area contributed by atoms with Crippen LogP contribution in [0.4, 0.5) is 5.82 Å². The van der Waals surface area contributed by atoms with Crippen LogP contribution in [-0.2, 0) is 6.54 Å². The van der Waals surface area contributed by atoms with E-state index in [-0.39, 0.29) is 0 Å². The fraction of sp³-hybridized carbons (Fsp3) is 0.263. The number of fused-ring (bicyclic) bond motifs is 1. The molecule has 2 aromatic heterocycles. The molecule has 3 rings (SSSR count). The van der Waals surface area contributed by atoms with Gasteiger partial charge >= 0.3 is 0 Å². The zero-order valence-corrected chi connectivity index (χ0v) is 15.0. The second kappa shape index (κ2) is 7.23. The number of nitrogens with one attached hydrogen (secondary N) is 1. The Kier molecular flexibility index (Phi) is 4.85. The third-order valence-corrected chi connectivity index (χ3v) is 4.01. The van der Waals surface area contributed by atoms with Crippen molar-refractivity contribution in [3.63, 3.8) is 0 Å². The smallest absolute Gasteiger partial charge is 0.248 e. The molecule has 0 spiro atoms. The summed E-state index contributed by atoms with van der Waals surface area (Å²) in [5.41, 5.74) is 8.83. The van der Waals surface area contributed by atoms with Crippen LogP contribution < -0.4 is 11.1 Å². The summed E-state index contributed by atoms with van der Waals surface area (Å²) in [4.78, 5) is 20.1. The molecule has 0 fully saturated rings. The van der Waals surface area contributed by atoms with Gasteiger partial charge in [-0.3, -0.25) is 4.79 Å². The highest BCUT2D eigenvalue weighted by atomic mass is 16.1. The molecule has 0 radical (unpaired) electrons. The Bertz CT molecular complexity index is 1040. The molecule has 2 heterocycles. The lowest BCUT2D eigenvalue weighted by Gasteiger charge is -2.03. The highest BCUT2D eigenvalue weighted by molar-refractivity contribution is 5.93. The Morgan fingerprint density at radius 1 is 1.27 bits per heavy atom. The molecule has 132 valence electrons. The van der Waals surface area contributed by atoms with Gasteiger partial charge in [0.25, 0.3) is 0 Å². The number of rotatable bonds is 4. The second-order valence-electron chi connectivity index (χ2n) is 5.76. The number of aromatic nitrogens is 4. The van der Waals surface area contributed by atoms with Gasteiger partial charge in [-0.1, -0.05) is 12.0 Å². The summed E-state index contributed by atoms with van der Waals surface area (Å²) in [5.74, 6) is 6.45. The molecule has 1 aromatic carbocycles. The van der Waals surface area contributed by atoms with Gasteiger partial charge < -0.3 is 11.1 Å². The van der Waals surface area contributed by atoms with Gasteiger partial charge in [-0.2, -0.15) is 5.10 Å². The summed E-state index contributed by atoms with van der Waals surface area (Å²) < 4.78 is 1.80. The average molecular weight is 348 g/mol. The molecule has 0 saturated heterocycles. The Morgan fingerprint density at radius 2 is 2.08 bits per heavy atom. The van der Waals surface area contributed by atoms with Crippen LogP contribution in [0.25, 0.3) is 11.0 Å². The van der Waals surface area contributed by atoms with Crippen LogP contribution >= 0.6 is 0 Å². The van der Waals surface area contributed by atoms with Crippen molar-refractivity contribution >= 4 is 22.8 Å². The van der Waals surface area contributed by atoms with E-state index < -0.39 is 5.91 Å². The van der Waals surface area contributed by atoms with E-state index in [2.05, 4.69) is 32.2 Å². The molecule has 7 nitrogen and oxygen atoms in total. The molecule has 7 heteroatoms. The number of anilines is 1. The number of primary amides is 1. The van der Waals surface area contributed by atoms with Crippen molar-refractivity contribution in [1.82, 2.24) is 19.7 Å². The number of carbonyl (C=O) groups excluding carboxylic acids is 1. The molecule has 0 aliphatic heterocycles. The number of benzene rings is 1. The van der Waals surface area contributed by atoms with Crippen molar-refractivity contribution in [2.24, 2.45) is 5.73 Å². The van der Waals surface area contributed by atoms with Gasteiger partial charge in [0.05, 0.1) is 5.39 Å². The lowest BCUT2D eigenvalue weighted by molar-refractivity contribution is 0.100. The zero-order valence-electron chi connectivity index (χ0n) is 15.0. The number of aryl methyl sites for hydroxylation is 2. The van der Waals surface area contributed by atoms with Crippen molar-refractivity contribution in [1.29, 1.82) is 0 Å². The summed E-state index contributed by atoms with van der Waals surface area (Å²) in [6.07, 6.45) is 1.52. The van der Waals surface area contributed by atoms with E-state index in [0.29, 0.717) is 23.6 Å². The number of nitrogens with two attached hydrogens (primary N) is 1. The van der Waals surface area contributed by atoms with Crippen molar-refractivity contribution < 1.29 is 4.79 Å². The first kappa shape index (κ1) is 17.4. The molecule has 0 saturated carbocycles. The Hall–Kier alpha value is -3.40. The van der Waals surface area contributed by atoms with Crippen LogP contribution in [0, 0.1) is 18.8 Å². The highest BCUT2D eigenvalue weighted by Gasteiger charge is 2.14. The van der Waals surface area contributed by atoms with Gasteiger partial charge in [-0.05, 0) is 44.4 Å². The standard InChI is InChI=1S/C19H20N6O/c1-4-21-18-16-15(24-25(5-2)19(16)23-11-22-18)9-8-13-10-14(17(20)26)7-6-12(13)3/h6-7,10-11H,4-5H2,1-3H3,(H2,20,26)(H,21,22,23). The number of hydrogen-bond acceptors (Lipinski definition) is 5. The van der Waals surface area contributed by atoms with Crippen LogP contribution in [0.5, 0.6) is 0 Å². The van der Waals surface area contributed by atoms with Gasteiger partial charge in [-0.25, -0.2) is 14.6 Å². The topological polar surface area (TPSA) is 98.7 Å². The summed E-state index contributed by atoms with van der Waals surface area (Å²) in [6, 6.07) is 5.23. The van der Waals surface area contributed by atoms with Crippen molar-refractivity contribution in [3.05, 3.63) is 46.9 Å². The van der Waals surface area contributed by atoms with Crippen molar-refractivity contribution in [3.8, 4) is 11.8 Å². The maximum absolute atomic E-state index is 11.4. The van der Waals surface area contributed by atoms with Crippen molar-refractivity contribution in [2.45, 2.75) is 27.3 Å². The average Bonchev–Trinajstić information content (AvgIpc) is 3.00. The first-order valence-corrected chi connectivity index (χ1v) is 8.43. The third kappa shape index (κ3) is 3.22. The molecule has 3 N–H and O–H groups in total. The first-order chi connectivity index (χ1) is 12.5. The number of hydrogen-bond donors (Lipinski definition) is 2. The zero-order chi connectivity index (χ0) is 18.7. The Labute approximate surface area is 151 Å². The van der Waals surface area contributed by atoms with E-state index in [4.69, 9.17) is 5.73 Å². The lowest BCUT2D eigenvalue weighted by atomic mass is 10.0. The molecule has 0 aliphatic carbocycles. The minimum atomic E-state index is -0.475. The Morgan fingerprint density at radius 3 is 2.77 bits per heavy atom. The largest absolute Gasteiger partial charge is 0.370 e. The second-order valence-corrected chi connectivity index (χ2v) is 5.76. The monoisotopic (exact) mass is 348 g/mol. The third-order valence-electron chi connectivity index (χ3n) is 4.01. The van der Waals surface area contributed by atoms with Gasteiger partial charge in [0, 0.05) is 24.2 Å². The molecule has 1 amide bonds. The van der Waals surface area contributed by atoms with Crippen LogP contribution in [0.2, 0.25) is 0 Å². The molecule has 3 aromatic rings. The molecule has 0 unspecified atom stereocenters. The van der Waals surface area contributed by atoms with Crippen LogP contribution in [0.15, 0.2) is 24.5 Å². The summed E-state index contributed by atoms with van der Waals surface area (Å²) in [5, 5.41) is 8.59. The fourth-order valence-corrected chi connectivity index (χ4v) is 2.65. The summed E-state index contributed by atoms with van der Waals surface area (Å²) in [6.45, 7) is 7.35. The minimum Gasteiger partial charge on any atom is -0.370 e. The molecule has 0 bridgehead atoms. The van der Waals surface area contributed by atoms with E-state index in [1.165, 1.54) is 6.33 Å². The SMILES string of the molecule is CCNc1ncnc2c1c(C#Cc1cc(C(N)=O)ccc1C)nn2CC. The van der Waals surface area contributed by atoms with Gasteiger partial charge in [0.15, 0.2) is 5.65 Å². The van der Waals surface area contributed by atoms with E-state index in [9.17, 15) is 4.79 Å². The fourth-order valence-electron chi connectivity index (χ4n) is 2.65. The predicted molar refractivity (Wildman–Crippen MR) is 101 cm³/mol. The highest BCUT2D eigenvalue weighted by Crippen LogP contribution is 2.23. The van der Waals surface area contributed by atoms with Crippen molar-refractivity contribution in [2.75, 3.05) is 11.9 Å². The van der Waals surface area contributed by atoms with E-state index in [1.54, 1.807) is 16.8 Å². The van der Waals surface area contributed by atoms with Gasteiger partial charge in [0.2, 0.25) is 5.91 Å². The van der Waals surface area contributed by atoms with E-state index in [0.717, 1.165) is 28.7 Å². The number of carbonyl (C=O) groups is 1. The predicted octanol–water partition coefficient (Wildman–Crippen LogP) is 2.09. The maximum atomic E-state index is 11.4. The van der Waals surface area contributed by atoms with Gasteiger partial charge in [-0.15, -0.1) is 0 Å². The van der Waals surface area contributed by atoms with Gasteiger partial charge in [0.1, 0.15) is 17.8 Å². The van der Waals surface area contributed by atoms with Crippen LogP contribution in [0.3, 0.4) is 0 Å². The van der Waals surface area contributed by atoms with Crippen LogP contribution in [0.1, 0.15) is 41.0 Å². The lowest BCUT2D eigenvalue weighted by Crippen LogP contribution is -2.11. The van der Waals surface area contributed by atoms with Crippen LogP contribution in [-0.4, -0.2) is 32.2 Å². The molecule has 0 aliphatic rings. The summed E-state index contributed by atoms with van der Waals surface area (Å²) >= 11 is 0. The maximum Gasteiger partial charge on any atom is 0.248 e. The molecular weight excluding hydrogens is 328 g/mol. The minimum absolute atomic E-state index is 0.431. The molecule has 0 atom stereocenters. The number of nitrogens with zero attached hydrogens (tertiary/aromatic N) is 4. The molecule has 26 heavy (non-hydrogen) atoms. The van der Waals surface area contributed by atoms with E-state index >= 15 is 0 Å². The quantitative estimate of drug-likeness (QED) is 0.704. The summed E-state index contributed by atoms with van der Waals surface area (Å²) in [7, 11) is 0. The normalized spacial score (nSPS) is 10.4.